The topological polar surface area (TPSA) is 47.6 Å². The first kappa shape index (κ1) is 16.2. The SMILES string of the molecule is COc1ccc(C(=O)NCCc2ccccc2OC)c(Cl)c1. The van der Waals surface area contributed by atoms with Gasteiger partial charge in [0.1, 0.15) is 11.5 Å². The van der Waals surface area contributed by atoms with Crippen LogP contribution in [0.2, 0.25) is 5.02 Å². The molecule has 5 heteroatoms. The molecular formula is C17H18ClNO3. The zero-order valence-corrected chi connectivity index (χ0v) is 13.3. The molecule has 2 aromatic rings. The van der Waals surface area contributed by atoms with Gasteiger partial charge in [-0.1, -0.05) is 29.8 Å². The Hall–Kier alpha value is -2.20. The summed E-state index contributed by atoms with van der Waals surface area (Å²) in [6.07, 6.45) is 0.684. The summed E-state index contributed by atoms with van der Waals surface area (Å²) >= 11 is 6.09. The Labute approximate surface area is 135 Å². The van der Waals surface area contributed by atoms with E-state index in [1.54, 1.807) is 32.4 Å². The maximum atomic E-state index is 12.1. The molecule has 1 N–H and O–H groups in total. The molecule has 22 heavy (non-hydrogen) atoms. The molecule has 0 unspecified atom stereocenters. The molecule has 1 amide bonds. The highest BCUT2D eigenvalue weighted by Crippen LogP contribution is 2.22. The van der Waals surface area contributed by atoms with Crippen molar-refractivity contribution in [3.8, 4) is 11.5 Å². The quantitative estimate of drug-likeness (QED) is 0.888. The van der Waals surface area contributed by atoms with Crippen LogP contribution in [0.25, 0.3) is 0 Å². The largest absolute Gasteiger partial charge is 0.497 e. The van der Waals surface area contributed by atoms with E-state index in [-0.39, 0.29) is 5.91 Å². The molecule has 0 saturated carbocycles. The summed E-state index contributed by atoms with van der Waals surface area (Å²) in [4.78, 5) is 12.1. The fourth-order valence-electron chi connectivity index (χ4n) is 2.12. The lowest BCUT2D eigenvalue weighted by molar-refractivity contribution is 0.0954. The van der Waals surface area contributed by atoms with Gasteiger partial charge in [0.2, 0.25) is 0 Å². The van der Waals surface area contributed by atoms with E-state index in [0.29, 0.717) is 29.3 Å². The fourth-order valence-corrected chi connectivity index (χ4v) is 2.38. The van der Waals surface area contributed by atoms with Gasteiger partial charge in [0.15, 0.2) is 0 Å². The molecule has 0 aromatic heterocycles. The maximum absolute atomic E-state index is 12.1. The highest BCUT2D eigenvalue weighted by Gasteiger charge is 2.11. The van der Waals surface area contributed by atoms with Gasteiger partial charge in [0.25, 0.3) is 5.91 Å². The van der Waals surface area contributed by atoms with Crippen LogP contribution in [-0.2, 0) is 6.42 Å². The molecule has 0 saturated heterocycles. The zero-order chi connectivity index (χ0) is 15.9. The number of carbonyl (C=O) groups is 1. The average molecular weight is 320 g/mol. The Kier molecular flexibility index (Phi) is 5.67. The molecule has 2 aromatic carbocycles. The van der Waals surface area contributed by atoms with Crippen molar-refractivity contribution in [3.05, 3.63) is 58.6 Å². The number of para-hydroxylation sites is 1. The number of benzene rings is 2. The summed E-state index contributed by atoms with van der Waals surface area (Å²) < 4.78 is 10.3. The van der Waals surface area contributed by atoms with E-state index in [2.05, 4.69) is 5.32 Å². The molecule has 0 aliphatic carbocycles. The smallest absolute Gasteiger partial charge is 0.252 e. The number of ether oxygens (including phenoxy) is 2. The Morgan fingerprint density at radius 2 is 1.91 bits per heavy atom. The Morgan fingerprint density at radius 3 is 2.59 bits per heavy atom. The molecule has 0 aliphatic heterocycles. The maximum Gasteiger partial charge on any atom is 0.252 e. The van der Waals surface area contributed by atoms with Crippen LogP contribution in [0.3, 0.4) is 0 Å². The van der Waals surface area contributed by atoms with Gasteiger partial charge in [-0.05, 0) is 36.2 Å². The van der Waals surface area contributed by atoms with E-state index >= 15 is 0 Å². The van der Waals surface area contributed by atoms with Crippen molar-refractivity contribution in [2.75, 3.05) is 20.8 Å². The van der Waals surface area contributed by atoms with Crippen LogP contribution in [0.1, 0.15) is 15.9 Å². The van der Waals surface area contributed by atoms with Crippen molar-refractivity contribution in [1.82, 2.24) is 5.32 Å². The molecule has 2 rings (SSSR count). The minimum Gasteiger partial charge on any atom is -0.497 e. The molecule has 0 heterocycles. The highest BCUT2D eigenvalue weighted by molar-refractivity contribution is 6.34. The monoisotopic (exact) mass is 319 g/mol. The zero-order valence-electron chi connectivity index (χ0n) is 12.6. The molecule has 0 radical (unpaired) electrons. The lowest BCUT2D eigenvalue weighted by atomic mass is 10.1. The predicted molar refractivity (Wildman–Crippen MR) is 87.0 cm³/mol. The van der Waals surface area contributed by atoms with E-state index in [9.17, 15) is 4.79 Å². The van der Waals surface area contributed by atoms with E-state index in [1.807, 2.05) is 24.3 Å². The third-order valence-electron chi connectivity index (χ3n) is 3.29. The number of amides is 1. The van der Waals surface area contributed by atoms with Crippen molar-refractivity contribution < 1.29 is 14.3 Å². The van der Waals surface area contributed by atoms with Crippen molar-refractivity contribution in [2.45, 2.75) is 6.42 Å². The summed E-state index contributed by atoms with van der Waals surface area (Å²) in [6.45, 7) is 0.502. The third kappa shape index (κ3) is 3.92. The molecule has 0 fully saturated rings. The van der Waals surface area contributed by atoms with Crippen LogP contribution in [0, 0.1) is 0 Å². The van der Waals surface area contributed by atoms with Gasteiger partial charge in [-0.3, -0.25) is 4.79 Å². The normalized spacial score (nSPS) is 10.1. The Morgan fingerprint density at radius 1 is 1.14 bits per heavy atom. The van der Waals surface area contributed by atoms with Crippen LogP contribution in [0.4, 0.5) is 0 Å². The molecule has 0 atom stereocenters. The van der Waals surface area contributed by atoms with Gasteiger partial charge in [-0.2, -0.15) is 0 Å². The second kappa shape index (κ2) is 7.71. The van der Waals surface area contributed by atoms with Crippen molar-refractivity contribution >= 4 is 17.5 Å². The standard InChI is InChI=1S/C17H18ClNO3/c1-21-13-7-8-14(15(18)11-13)17(20)19-10-9-12-5-3-4-6-16(12)22-2/h3-8,11H,9-10H2,1-2H3,(H,19,20). The van der Waals surface area contributed by atoms with Gasteiger partial charge in [-0.15, -0.1) is 0 Å². The molecule has 0 bridgehead atoms. The van der Waals surface area contributed by atoms with E-state index < -0.39 is 0 Å². The number of halogens is 1. The van der Waals surface area contributed by atoms with Crippen molar-refractivity contribution in [2.24, 2.45) is 0 Å². The lowest BCUT2D eigenvalue weighted by Gasteiger charge is -2.10. The summed E-state index contributed by atoms with van der Waals surface area (Å²) in [6, 6.07) is 12.7. The van der Waals surface area contributed by atoms with E-state index in [0.717, 1.165) is 11.3 Å². The van der Waals surface area contributed by atoms with Crippen LogP contribution in [-0.4, -0.2) is 26.7 Å². The minimum absolute atomic E-state index is 0.206. The van der Waals surface area contributed by atoms with Crippen molar-refractivity contribution in [3.63, 3.8) is 0 Å². The average Bonchev–Trinajstić information content (AvgIpc) is 2.54. The molecule has 0 aliphatic rings. The first-order valence-corrected chi connectivity index (χ1v) is 7.27. The van der Waals surface area contributed by atoms with Crippen LogP contribution >= 0.6 is 11.6 Å². The summed E-state index contributed by atoms with van der Waals surface area (Å²) in [5.41, 5.74) is 1.48. The number of hydrogen-bond acceptors (Lipinski definition) is 3. The summed E-state index contributed by atoms with van der Waals surface area (Å²) in [7, 11) is 3.19. The molecule has 116 valence electrons. The summed E-state index contributed by atoms with van der Waals surface area (Å²) in [5, 5.41) is 3.23. The van der Waals surface area contributed by atoms with E-state index in [4.69, 9.17) is 21.1 Å². The van der Waals surface area contributed by atoms with Crippen LogP contribution < -0.4 is 14.8 Å². The van der Waals surface area contributed by atoms with Crippen LogP contribution in [0.15, 0.2) is 42.5 Å². The summed E-state index contributed by atoms with van der Waals surface area (Å²) in [5.74, 6) is 1.23. The Bertz CT molecular complexity index is 658. The number of carbonyl (C=O) groups excluding carboxylic acids is 1. The van der Waals surface area contributed by atoms with Gasteiger partial charge in [-0.25, -0.2) is 0 Å². The van der Waals surface area contributed by atoms with Gasteiger partial charge in [0.05, 0.1) is 24.8 Å². The predicted octanol–water partition coefficient (Wildman–Crippen LogP) is 3.33. The van der Waals surface area contributed by atoms with Gasteiger partial charge in [0, 0.05) is 6.54 Å². The highest BCUT2D eigenvalue weighted by atomic mass is 35.5. The van der Waals surface area contributed by atoms with Gasteiger partial charge < -0.3 is 14.8 Å². The number of methoxy groups -OCH3 is 2. The number of rotatable bonds is 6. The molecular weight excluding hydrogens is 302 g/mol. The number of hydrogen-bond donors (Lipinski definition) is 1. The van der Waals surface area contributed by atoms with Crippen LogP contribution in [0.5, 0.6) is 11.5 Å². The first-order chi connectivity index (χ1) is 10.7. The third-order valence-corrected chi connectivity index (χ3v) is 3.61. The fraction of sp³-hybridized carbons (Fsp3) is 0.235. The number of nitrogens with one attached hydrogen (secondary N) is 1. The Balaban J connectivity index is 1.96. The molecule has 0 spiro atoms. The second-order valence-electron chi connectivity index (χ2n) is 4.66. The first-order valence-electron chi connectivity index (χ1n) is 6.89. The van der Waals surface area contributed by atoms with Crippen molar-refractivity contribution in [1.29, 1.82) is 0 Å². The minimum atomic E-state index is -0.206. The molecule has 4 nitrogen and oxygen atoms in total. The second-order valence-corrected chi connectivity index (χ2v) is 5.07. The van der Waals surface area contributed by atoms with Gasteiger partial charge >= 0.3 is 0 Å². The van der Waals surface area contributed by atoms with E-state index in [1.165, 1.54) is 0 Å². The lowest BCUT2D eigenvalue weighted by Crippen LogP contribution is -2.26.